The van der Waals surface area contributed by atoms with Gasteiger partial charge in [0.1, 0.15) is 5.69 Å². The zero-order valence-corrected chi connectivity index (χ0v) is 11.1. The Morgan fingerprint density at radius 1 is 1.48 bits per heavy atom. The summed E-state index contributed by atoms with van der Waals surface area (Å²) in [6.45, 7) is 1.84. The van der Waals surface area contributed by atoms with Gasteiger partial charge in [-0.25, -0.2) is 4.79 Å². The number of carbonyl (C=O) groups is 1. The van der Waals surface area contributed by atoms with E-state index in [1.807, 2.05) is 0 Å². The molecular formula is C12H15N3O6. The first-order valence-corrected chi connectivity index (χ1v) is 6.28. The summed E-state index contributed by atoms with van der Waals surface area (Å²) in [5, 5.41) is 24.7. The van der Waals surface area contributed by atoms with Crippen LogP contribution in [0, 0.1) is 10.1 Å². The van der Waals surface area contributed by atoms with Crippen LogP contribution in [0.25, 0.3) is 0 Å². The molecule has 1 heterocycles. The molecule has 9 heteroatoms. The van der Waals surface area contributed by atoms with Gasteiger partial charge in [-0.15, -0.1) is 0 Å². The molecule has 1 aliphatic rings. The van der Waals surface area contributed by atoms with Gasteiger partial charge in [0.05, 0.1) is 36.5 Å². The summed E-state index contributed by atoms with van der Waals surface area (Å²) < 4.78 is 10.7. The normalized spacial score (nSPS) is 18.0. The monoisotopic (exact) mass is 297 g/mol. The standard InChI is InChI=1S/C12H15N3O6/c16-12(17)14-8-1-2-10(11(5-8)15(18)19)13-6-9-7-20-3-4-21-9/h1-2,5,9,13-14H,3-4,6-7H2,(H,16,17). The van der Waals surface area contributed by atoms with E-state index in [2.05, 4.69) is 10.6 Å². The summed E-state index contributed by atoms with van der Waals surface area (Å²) >= 11 is 0. The van der Waals surface area contributed by atoms with Gasteiger partial charge in [0, 0.05) is 12.6 Å². The number of carboxylic acid groups (broad SMARTS) is 1. The third-order valence-electron chi connectivity index (χ3n) is 2.85. The van der Waals surface area contributed by atoms with Crippen LogP contribution < -0.4 is 10.6 Å². The van der Waals surface area contributed by atoms with Crippen LogP contribution >= 0.6 is 0 Å². The van der Waals surface area contributed by atoms with E-state index in [0.29, 0.717) is 32.1 Å². The van der Waals surface area contributed by atoms with Crippen LogP contribution in [-0.4, -0.2) is 48.6 Å². The molecule has 1 aromatic rings. The minimum atomic E-state index is -1.28. The molecule has 0 aromatic heterocycles. The molecule has 114 valence electrons. The molecule has 1 unspecified atom stereocenters. The summed E-state index contributed by atoms with van der Waals surface area (Å²) in [6, 6.07) is 4.06. The Kier molecular flexibility index (Phi) is 4.90. The first-order valence-electron chi connectivity index (χ1n) is 6.28. The molecule has 1 amide bonds. The number of benzene rings is 1. The van der Waals surface area contributed by atoms with Crippen molar-refractivity contribution in [1.29, 1.82) is 0 Å². The third-order valence-corrected chi connectivity index (χ3v) is 2.85. The first-order chi connectivity index (χ1) is 10.1. The van der Waals surface area contributed by atoms with E-state index < -0.39 is 11.0 Å². The average Bonchev–Trinajstić information content (AvgIpc) is 2.46. The van der Waals surface area contributed by atoms with Gasteiger partial charge in [-0.3, -0.25) is 15.4 Å². The first kappa shape index (κ1) is 15.0. The van der Waals surface area contributed by atoms with Crippen LogP contribution in [0.5, 0.6) is 0 Å². The Morgan fingerprint density at radius 3 is 2.90 bits per heavy atom. The van der Waals surface area contributed by atoms with Gasteiger partial charge in [-0.05, 0) is 12.1 Å². The van der Waals surface area contributed by atoms with Crippen molar-refractivity contribution < 1.29 is 24.3 Å². The Morgan fingerprint density at radius 2 is 2.29 bits per heavy atom. The second-order valence-electron chi connectivity index (χ2n) is 4.37. The number of anilines is 2. The number of nitro groups is 1. The Bertz CT molecular complexity index is 530. The molecule has 1 fully saturated rings. The van der Waals surface area contributed by atoms with Crippen LogP contribution in [0.1, 0.15) is 0 Å². The number of rotatable bonds is 5. The second-order valence-corrected chi connectivity index (χ2v) is 4.37. The van der Waals surface area contributed by atoms with E-state index in [1.54, 1.807) is 0 Å². The molecule has 0 saturated carbocycles. The topological polar surface area (TPSA) is 123 Å². The van der Waals surface area contributed by atoms with Crippen molar-refractivity contribution in [2.24, 2.45) is 0 Å². The molecule has 0 aliphatic carbocycles. The number of hydrogen-bond acceptors (Lipinski definition) is 6. The summed E-state index contributed by atoms with van der Waals surface area (Å²) in [7, 11) is 0. The Hall–Kier alpha value is -2.39. The fourth-order valence-corrected chi connectivity index (χ4v) is 1.91. The minimum Gasteiger partial charge on any atom is -0.465 e. The van der Waals surface area contributed by atoms with Gasteiger partial charge in [0.15, 0.2) is 0 Å². The zero-order chi connectivity index (χ0) is 15.2. The highest BCUT2D eigenvalue weighted by Crippen LogP contribution is 2.28. The lowest BCUT2D eigenvalue weighted by Crippen LogP contribution is -2.34. The molecule has 3 N–H and O–H groups in total. The maximum atomic E-state index is 11.0. The SMILES string of the molecule is O=C(O)Nc1ccc(NCC2COCCO2)c([N+](=O)[O-])c1. The number of hydrogen-bond donors (Lipinski definition) is 3. The fourth-order valence-electron chi connectivity index (χ4n) is 1.91. The maximum absolute atomic E-state index is 11.0. The van der Waals surface area contributed by atoms with E-state index in [4.69, 9.17) is 14.6 Å². The van der Waals surface area contributed by atoms with Crippen molar-refractivity contribution >= 4 is 23.2 Å². The van der Waals surface area contributed by atoms with Crippen LogP contribution in [0.15, 0.2) is 18.2 Å². The lowest BCUT2D eigenvalue weighted by atomic mass is 10.2. The maximum Gasteiger partial charge on any atom is 0.409 e. The fraction of sp³-hybridized carbons (Fsp3) is 0.417. The van der Waals surface area contributed by atoms with Crippen molar-refractivity contribution in [3.63, 3.8) is 0 Å². The quantitative estimate of drug-likeness (QED) is 0.556. The van der Waals surface area contributed by atoms with Crippen LogP contribution in [0.2, 0.25) is 0 Å². The van der Waals surface area contributed by atoms with Gasteiger partial charge < -0.3 is 19.9 Å². The highest BCUT2D eigenvalue weighted by atomic mass is 16.6. The van der Waals surface area contributed by atoms with Gasteiger partial charge in [-0.2, -0.15) is 0 Å². The molecule has 9 nitrogen and oxygen atoms in total. The van der Waals surface area contributed by atoms with Crippen molar-refractivity contribution in [2.75, 3.05) is 37.0 Å². The van der Waals surface area contributed by atoms with Crippen molar-refractivity contribution in [2.45, 2.75) is 6.10 Å². The van der Waals surface area contributed by atoms with Gasteiger partial charge in [0.25, 0.3) is 5.69 Å². The van der Waals surface area contributed by atoms with Gasteiger partial charge in [0.2, 0.25) is 0 Å². The lowest BCUT2D eigenvalue weighted by Gasteiger charge is -2.23. The number of nitrogens with zero attached hydrogens (tertiary/aromatic N) is 1. The van der Waals surface area contributed by atoms with E-state index in [9.17, 15) is 14.9 Å². The summed E-state index contributed by atoms with van der Waals surface area (Å²) in [5.41, 5.74) is 0.222. The van der Waals surface area contributed by atoms with Crippen molar-refractivity contribution in [3.8, 4) is 0 Å². The number of ether oxygens (including phenoxy) is 2. The molecule has 2 rings (SSSR count). The lowest BCUT2D eigenvalue weighted by molar-refractivity contribution is -0.383. The summed E-state index contributed by atoms with van der Waals surface area (Å²) in [4.78, 5) is 21.0. The molecule has 0 bridgehead atoms. The van der Waals surface area contributed by atoms with E-state index in [1.165, 1.54) is 12.1 Å². The van der Waals surface area contributed by atoms with E-state index in [0.717, 1.165) is 6.07 Å². The molecule has 1 atom stereocenters. The molecular weight excluding hydrogens is 282 g/mol. The number of nitro benzene ring substituents is 1. The summed E-state index contributed by atoms with van der Waals surface area (Å²) in [5.74, 6) is 0. The molecule has 1 saturated heterocycles. The minimum absolute atomic E-state index is 0.136. The smallest absolute Gasteiger partial charge is 0.409 e. The molecule has 0 spiro atoms. The van der Waals surface area contributed by atoms with Crippen LogP contribution in [0.4, 0.5) is 21.9 Å². The average molecular weight is 297 g/mol. The molecule has 1 aliphatic heterocycles. The van der Waals surface area contributed by atoms with E-state index in [-0.39, 0.29) is 17.5 Å². The summed E-state index contributed by atoms with van der Waals surface area (Å²) in [6.07, 6.45) is -1.45. The zero-order valence-electron chi connectivity index (χ0n) is 11.1. The Labute approximate surface area is 120 Å². The van der Waals surface area contributed by atoms with Crippen molar-refractivity contribution in [3.05, 3.63) is 28.3 Å². The number of amides is 1. The van der Waals surface area contributed by atoms with Gasteiger partial charge >= 0.3 is 6.09 Å². The largest absolute Gasteiger partial charge is 0.465 e. The highest BCUT2D eigenvalue weighted by molar-refractivity contribution is 5.84. The second kappa shape index (κ2) is 6.86. The van der Waals surface area contributed by atoms with Gasteiger partial charge in [-0.1, -0.05) is 0 Å². The predicted molar refractivity (Wildman–Crippen MR) is 73.8 cm³/mol. The molecule has 0 radical (unpaired) electrons. The third kappa shape index (κ3) is 4.29. The van der Waals surface area contributed by atoms with Crippen LogP contribution in [0.3, 0.4) is 0 Å². The van der Waals surface area contributed by atoms with E-state index >= 15 is 0 Å². The molecule has 21 heavy (non-hydrogen) atoms. The molecule has 1 aromatic carbocycles. The van der Waals surface area contributed by atoms with Crippen molar-refractivity contribution in [1.82, 2.24) is 0 Å². The predicted octanol–water partition coefficient (Wildman–Crippen LogP) is 1.51. The Balaban J connectivity index is 2.06. The highest BCUT2D eigenvalue weighted by Gasteiger charge is 2.18. The van der Waals surface area contributed by atoms with Crippen LogP contribution in [-0.2, 0) is 9.47 Å². The number of nitrogens with one attached hydrogen (secondary N) is 2.